The van der Waals surface area contributed by atoms with Gasteiger partial charge < -0.3 is 19.7 Å². The minimum absolute atomic E-state index is 0.0343. The van der Waals surface area contributed by atoms with E-state index >= 15 is 0 Å². The van der Waals surface area contributed by atoms with Crippen LogP contribution >= 0.6 is 0 Å². The van der Waals surface area contributed by atoms with Crippen LogP contribution in [0.4, 0.5) is 5.69 Å². The SMILES string of the molecule is [B]c1cc(NC(=O)c2c3c(cn2C)S(=O)(=O)NC(C(C)O)CO3)ccn1. The maximum atomic E-state index is 12.7. The number of carbonyl (C=O) groups excluding carboxylic acids is 1. The van der Waals surface area contributed by atoms with Gasteiger partial charge in [-0.05, 0) is 24.6 Å². The molecular formula is C15H17BN4O5S. The summed E-state index contributed by atoms with van der Waals surface area (Å²) in [6.07, 6.45) is 1.77. The lowest BCUT2D eigenvalue weighted by Crippen LogP contribution is -2.44. The summed E-state index contributed by atoms with van der Waals surface area (Å²) in [7, 11) is 3.17. The number of aromatic nitrogens is 2. The molecule has 0 aromatic carbocycles. The molecule has 1 amide bonds. The van der Waals surface area contributed by atoms with Crippen LogP contribution in [0.25, 0.3) is 0 Å². The third-order valence-electron chi connectivity index (χ3n) is 3.94. The zero-order valence-electron chi connectivity index (χ0n) is 14.1. The Bertz CT molecular complexity index is 957. The molecule has 136 valence electrons. The summed E-state index contributed by atoms with van der Waals surface area (Å²) in [5, 5.41) is 12.3. The zero-order chi connectivity index (χ0) is 19.1. The molecule has 26 heavy (non-hydrogen) atoms. The lowest BCUT2D eigenvalue weighted by Gasteiger charge is -2.18. The van der Waals surface area contributed by atoms with Crippen LogP contribution in [0.5, 0.6) is 5.75 Å². The molecule has 2 aromatic heterocycles. The number of fused-ring (bicyclic) bond motifs is 1. The standard InChI is InChI=1S/C15H17BN4O5S/c1-8(21)10-7-25-14-11(26(23,24)19-10)6-20(2)13(14)15(22)18-9-3-4-17-12(16)5-9/h3-6,8,10,19,21H,7H2,1-2H3,(H,17,18,22). The number of sulfonamides is 1. The Kier molecular flexibility index (Phi) is 4.78. The fourth-order valence-electron chi connectivity index (χ4n) is 2.59. The van der Waals surface area contributed by atoms with Crippen molar-refractivity contribution in [2.45, 2.75) is 24.0 Å². The number of pyridine rings is 1. The average molecular weight is 376 g/mol. The molecule has 0 saturated heterocycles. The van der Waals surface area contributed by atoms with Crippen molar-refractivity contribution in [3.63, 3.8) is 0 Å². The Hall–Kier alpha value is -2.37. The molecule has 11 heteroatoms. The van der Waals surface area contributed by atoms with Crippen LogP contribution in [0.2, 0.25) is 0 Å². The number of amides is 1. The van der Waals surface area contributed by atoms with Gasteiger partial charge in [0.05, 0.1) is 12.1 Å². The number of nitrogens with one attached hydrogen (secondary N) is 2. The van der Waals surface area contributed by atoms with Crippen molar-refractivity contribution in [2.75, 3.05) is 11.9 Å². The number of hydrogen-bond acceptors (Lipinski definition) is 6. The molecule has 0 saturated carbocycles. The number of aliphatic hydroxyl groups is 1. The van der Waals surface area contributed by atoms with Crippen molar-refractivity contribution in [1.29, 1.82) is 0 Å². The van der Waals surface area contributed by atoms with E-state index < -0.39 is 28.1 Å². The van der Waals surface area contributed by atoms with Gasteiger partial charge in [-0.15, -0.1) is 0 Å². The molecule has 3 rings (SSSR count). The molecule has 3 N–H and O–H groups in total. The maximum Gasteiger partial charge on any atom is 0.276 e. The number of nitrogens with zero attached hydrogens (tertiary/aromatic N) is 2. The summed E-state index contributed by atoms with van der Waals surface area (Å²) in [5.41, 5.74) is 0.678. The molecule has 1 aliphatic rings. The van der Waals surface area contributed by atoms with Crippen molar-refractivity contribution in [3.8, 4) is 5.75 Å². The van der Waals surface area contributed by atoms with E-state index in [0.29, 0.717) is 5.69 Å². The highest BCUT2D eigenvalue weighted by Gasteiger charge is 2.35. The first-order valence-corrected chi connectivity index (χ1v) is 9.23. The van der Waals surface area contributed by atoms with Gasteiger partial charge in [-0.3, -0.25) is 9.78 Å². The van der Waals surface area contributed by atoms with E-state index in [-0.39, 0.29) is 28.5 Å². The minimum Gasteiger partial charge on any atom is -0.488 e. The van der Waals surface area contributed by atoms with E-state index in [1.54, 1.807) is 6.07 Å². The van der Waals surface area contributed by atoms with E-state index in [1.807, 2.05) is 0 Å². The minimum atomic E-state index is -3.95. The van der Waals surface area contributed by atoms with E-state index in [4.69, 9.17) is 12.6 Å². The van der Waals surface area contributed by atoms with Crippen molar-refractivity contribution in [3.05, 3.63) is 30.2 Å². The Morgan fingerprint density at radius 2 is 2.31 bits per heavy atom. The lowest BCUT2D eigenvalue weighted by molar-refractivity contribution is 0.100. The molecule has 0 fully saturated rings. The Labute approximate surface area is 151 Å². The normalized spacial score (nSPS) is 19.7. The van der Waals surface area contributed by atoms with Gasteiger partial charge in [-0.2, -0.15) is 0 Å². The van der Waals surface area contributed by atoms with Gasteiger partial charge in [-0.25, -0.2) is 13.1 Å². The molecule has 2 atom stereocenters. The lowest BCUT2D eigenvalue weighted by atomic mass is 10.0. The molecule has 1 aliphatic heterocycles. The Balaban J connectivity index is 1.98. The zero-order valence-corrected chi connectivity index (χ0v) is 14.9. The predicted molar refractivity (Wildman–Crippen MR) is 94.3 cm³/mol. The first-order valence-electron chi connectivity index (χ1n) is 7.74. The summed E-state index contributed by atoms with van der Waals surface area (Å²) in [5.74, 6) is -0.632. The molecular weight excluding hydrogens is 359 g/mol. The Morgan fingerprint density at radius 3 is 2.96 bits per heavy atom. The topological polar surface area (TPSA) is 123 Å². The molecule has 2 aromatic rings. The van der Waals surface area contributed by atoms with Gasteiger partial charge in [0.25, 0.3) is 5.91 Å². The van der Waals surface area contributed by atoms with Gasteiger partial charge in [0.15, 0.2) is 11.4 Å². The summed E-state index contributed by atoms with van der Waals surface area (Å²) in [4.78, 5) is 16.4. The van der Waals surface area contributed by atoms with E-state index in [0.717, 1.165) is 0 Å². The summed E-state index contributed by atoms with van der Waals surface area (Å²) >= 11 is 0. The summed E-state index contributed by atoms with van der Waals surface area (Å²) < 4.78 is 34.4. The molecule has 2 unspecified atom stereocenters. The number of aliphatic hydroxyl groups excluding tert-OH is 1. The van der Waals surface area contributed by atoms with E-state index in [1.165, 1.54) is 37.0 Å². The number of anilines is 1. The van der Waals surface area contributed by atoms with Gasteiger partial charge in [0.1, 0.15) is 19.3 Å². The smallest absolute Gasteiger partial charge is 0.276 e. The molecule has 9 nitrogen and oxygen atoms in total. The largest absolute Gasteiger partial charge is 0.488 e. The van der Waals surface area contributed by atoms with Crippen LogP contribution in [0.15, 0.2) is 29.4 Å². The summed E-state index contributed by atoms with van der Waals surface area (Å²) in [6, 6.07) is 2.20. The third-order valence-corrected chi connectivity index (χ3v) is 5.42. The average Bonchev–Trinajstić information content (AvgIpc) is 2.82. The van der Waals surface area contributed by atoms with Crippen LogP contribution in [0.3, 0.4) is 0 Å². The quantitative estimate of drug-likeness (QED) is 0.584. The van der Waals surface area contributed by atoms with E-state index in [9.17, 15) is 18.3 Å². The van der Waals surface area contributed by atoms with Gasteiger partial charge in [-0.1, -0.05) is 0 Å². The van der Waals surface area contributed by atoms with Crippen LogP contribution in [0, 0.1) is 0 Å². The number of hydrogen-bond donors (Lipinski definition) is 3. The molecule has 0 aliphatic carbocycles. The van der Waals surface area contributed by atoms with E-state index in [2.05, 4.69) is 15.0 Å². The van der Waals surface area contributed by atoms with Crippen molar-refractivity contribution in [1.82, 2.24) is 14.3 Å². The van der Waals surface area contributed by atoms with Gasteiger partial charge in [0, 0.05) is 25.1 Å². The highest BCUT2D eigenvalue weighted by Crippen LogP contribution is 2.33. The maximum absolute atomic E-state index is 12.7. The third kappa shape index (κ3) is 3.46. The Morgan fingerprint density at radius 1 is 1.58 bits per heavy atom. The van der Waals surface area contributed by atoms with Crippen LogP contribution in [-0.4, -0.2) is 55.6 Å². The van der Waals surface area contributed by atoms with Gasteiger partial charge >= 0.3 is 0 Å². The number of rotatable bonds is 3. The highest BCUT2D eigenvalue weighted by molar-refractivity contribution is 7.89. The first-order chi connectivity index (χ1) is 12.2. The van der Waals surface area contributed by atoms with Crippen molar-refractivity contribution < 1.29 is 23.1 Å². The van der Waals surface area contributed by atoms with Crippen LogP contribution in [-0.2, 0) is 17.1 Å². The molecule has 0 bridgehead atoms. The number of ether oxygens (including phenoxy) is 1. The fraction of sp³-hybridized carbons (Fsp3) is 0.333. The first kappa shape index (κ1) is 18.4. The molecule has 2 radical (unpaired) electrons. The highest BCUT2D eigenvalue weighted by atomic mass is 32.2. The van der Waals surface area contributed by atoms with Crippen molar-refractivity contribution >= 4 is 35.1 Å². The number of carbonyl (C=O) groups is 1. The second kappa shape index (κ2) is 6.74. The molecule has 0 spiro atoms. The summed E-state index contributed by atoms with van der Waals surface area (Å²) in [6.45, 7) is 1.34. The van der Waals surface area contributed by atoms with Crippen LogP contribution < -0.4 is 20.4 Å². The monoisotopic (exact) mass is 376 g/mol. The number of aryl methyl sites for hydroxylation is 1. The van der Waals surface area contributed by atoms with Gasteiger partial charge in [0.2, 0.25) is 10.0 Å². The predicted octanol–water partition coefficient (Wildman–Crippen LogP) is -1.11. The fourth-order valence-corrected chi connectivity index (χ4v) is 4.08. The second-order valence-electron chi connectivity index (χ2n) is 5.98. The van der Waals surface area contributed by atoms with Crippen molar-refractivity contribution in [2.24, 2.45) is 7.05 Å². The van der Waals surface area contributed by atoms with Crippen LogP contribution in [0.1, 0.15) is 17.4 Å². The second-order valence-corrected chi connectivity index (χ2v) is 7.67. The molecule has 3 heterocycles.